The molecule has 0 radical (unpaired) electrons. The van der Waals surface area contributed by atoms with E-state index in [0.717, 1.165) is 25.7 Å². The predicted molar refractivity (Wildman–Crippen MR) is 90.2 cm³/mol. The van der Waals surface area contributed by atoms with Crippen molar-refractivity contribution in [3.8, 4) is 0 Å². The smallest absolute Gasteiger partial charge is 0.0513 e. The zero-order chi connectivity index (χ0) is 14.9. The van der Waals surface area contributed by atoms with Crippen molar-refractivity contribution in [3.05, 3.63) is 36.0 Å². The van der Waals surface area contributed by atoms with Crippen LogP contribution in [0, 0.1) is 5.92 Å². The molecule has 1 saturated heterocycles. The number of ether oxygens (including phenoxy) is 1. The van der Waals surface area contributed by atoms with E-state index in [4.69, 9.17) is 4.74 Å². The van der Waals surface area contributed by atoms with Crippen molar-refractivity contribution in [1.29, 1.82) is 0 Å². The van der Waals surface area contributed by atoms with Gasteiger partial charge in [-0.3, -0.25) is 0 Å². The summed E-state index contributed by atoms with van der Waals surface area (Å²) in [5.74, 6) is 0.866. The lowest BCUT2D eigenvalue weighted by molar-refractivity contribution is 0.0589. The van der Waals surface area contributed by atoms with E-state index < -0.39 is 0 Å². The maximum absolute atomic E-state index is 5.47. The molecule has 1 fully saturated rings. The molecule has 118 valence electrons. The van der Waals surface area contributed by atoms with Crippen LogP contribution in [0.5, 0.6) is 0 Å². The Morgan fingerprint density at radius 3 is 2.95 bits per heavy atom. The second-order valence-electron chi connectivity index (χ2n) is 7.01. The number of hydrogen-bond donors (Lipinski definition) is 0. The van der Waals surface area contributed by atoms with Gasteiger partial charge in [-0.15, -0.1) is 0 Å². The predicted octanol–water partition coefficient (Wildman–Crippen LogP) is 3.31. The van der Waals surface area contributed by atoms with Crippen molar-refractivity contribution in [2.24, 2.45) is 5.92 Å². The molecule has 22 heavy (non-hydrogen) atoms. The van der Waals surface area contributed by atoms with E-state index in [0.29, 0.717) is 6.04 Å². The van der Waals surface area contributed by atoms with Gasteiger partial charge >= 0.3 is 0 Å². The van der Waals surface area contributed by atoms with Crippen LogP contribution in [0.1, 0.15) is 24.8 Å². The maximum Gasteiger partial charge on any atom is 0.0513 e. The topological polar surface area (TPSA) is 17.4 Å². The Hall–Kier alpha value is -1.32. The summed E-state index contributed by atoms with van der Waals surface area (Å²) in [5, 5.41) is 1.39. The Kier molecular flexibility index (Phi) is 3.93. The summed E-state index contributed by atoms with van der Waals surface area (Å²) in [6.07, 6.45) is 7.26. The second kappa shape index (κ2) is 6.05. The molecule has 2 aliphatic heterocycles. The summed E-state index contributed by atoms with van der Waals surface area (Å²) in [6, 6.07) is 9.61. The molecule has 1 unspecified atom stereocenters. The lowest BCUT2D eigenvalue weighted by Gasteiger charge is -2.34. The standard InChI is InChI=1S/C19H26N2O/c1-20(9-5-15-7-11-22-12-8-15)18-13-17-4-2-3-16-6-10-21(14-18)19(16)17/h2-4,6,10,15,18H,5,7-9,11-14H2,1H3. The van der Waals surface area contributed by atoms with Gasteiger partial charge in [0.15, 0.2) is 0 Å². The van der Waals surface area contributed by atoms with E-state index in [2.05, 4.69) is 47.0 Å². The van der Waals surface area contributed by atoms with E-state index in [9.17, 15) is 0 Å². The molecule has 0 N–H and O–H groups in total. The monoisotopic (exact) mass is 298 g/mol. The first kappa shape index (κ1) is 14.3. The van der Waals surface area contributed by atoms with Crippen LogP contribution in [0.4, 0.5) is 0 Å². The van der Waals surface area contributed by atoms with Crippen molar-refractivity contribution >= 4 is 10.9 Å². The zero-order valence-electron chi connectivity index (χ0n) is 13.5. The number of nitrogens with zero attached hydrogens (tertiary/aromatic N) is 2. The van der Waals surface area contributed by atoms with Gasteiger partial charge in [0.05, 0.1) is 5.52 Å². The summed E-state index contributed by atoms with van der Waals surface area (Å²) in [6.45, 7) is 4.27. The molecule has 0 aliphatic carbocycles. The van der Waals surface area contributed by atoms with Gasteiger partial charge in [-0.05, 0) is 62.2 Å². The molecule has 0 bridgehead atoms. The highest BCUT2D eigenvalue weighted by Gasteiger charge is 2.24. The Balaban J connectivity index is 1.41. The van der Waals surface area contributed by atoms with Crippen molar-refractivity contribution in [1.82, 2.24) is 9.47 Å². The summed E-state index contributed by atoms with van der Waals surface area (Å²) < 4.78 is 7.92. The van der Waals surface area contributed by atoms with Crippen molar-refractivity contribution < 1.29 is 4.74 Å². The fourth-order valence-electron chi connectivity index (χ4n) is 4.10. The third kappa shape index (κ3) is 2.68. The van der Waals surface area contributed by atoms with E-state index in [1.165, 1.54) is 48.7 Å². The molecule has 3 heteroatoms. The molecule has 1 aromatic heterocycles. The lowest BCUT2D eigenvalue weighted by atomic mass is 9.95. The number of benzene rings is 1. The molecule has 2 aromatic rings. The molecule has 1 atom stereocenters. The van der Waals surface area contributed by atoms with Crippen LogP contribution in [0.3, 0.4) is 0 Å². The third-order valence-electron chi connectivity index (χ3n) is 5.59. The average Bonchev–Trinajstić information content (AvgIpc) is 2.98. The summed E-state index contributed by atoms with van der Waals surface area (Å²) in [4.78, 5) is 2.58. The molecular weight excluding hydrogens is 272 g/mol. The van der Waals surface area contributed by atoms with Crippen molar-refractivity contribution in [3.63, 3.8) is 0 Å². The normalized spacial score (nSPS) is 22.5. The first-order chi connectivity index (χ1) is 10.8. The lowest BCUT2D eigenvalue weighted by Crippen LogP contribution is -2.40. The molecule has 4 rings (SSSR count). The van der Waals surface area contributed by atoms with Crippen LogP contribution < -0.4 is 0 Å². The minimum absolute atomic E-state index is 0.630. The van der Waals surface area contributed by atoms with Crippen LogP contribution in [0.15, 0.2) is 30.5 Å². The average molecular weight is 298 g/mol. The molecule has 0 amide bonds. The van der Waals surface area contributed by atoms with E-state index in [1.54, 1.807) is 0 Å². The van der Waals surface area contributed by atoms with Gasteiger partial charge < -0.3 is 14.2 Å². The van der Waals surface area contributed by atoms with Crippen LogP contribution in [-0.4, -0.2) is 42.3 Å². The minimum atomic E-state index is 0.630. The molecular formula is C19H26N2O. The van der Waals surface area contributed by atoms with Gasteiger partial charge in [-0.25, -0.2) is 0 Å². The van der Waals surface area contributed by atoms with Crippen LogP contribution in [0.25, 0.3) is 10.9 Å². The van der Waals surface area contributed by atoms with Gasteiger partial charge in [0.2, 0.25) is 0 Å². The number of aromatic nitrogens is 1. The van der Waals surface area contributed by atoms with E-state index >= 15 is 0 Å². The number of likely N-dealkylation sites (N-methyl/N-ethyl adjacent to an activating group) is 1. The molecule has 0 saturated carbocycles. The number of rotatable bonds is 4. The van der Waals surface area contributed by atoms with Crippen molar-refractivity contribution in [2.45, 2.75) is 38.3 Å². The zero-order valence-corrected chi connectivity index (χ0v) is 13.5. The molecule has 2 aliphatic rings. The SMILES string of the molecule is CN(CCC1CCOCC1)C1Cc2cccc3ccn(c23)C1. The van der Waals surface area contributed by atoms with Gasteiger partial charge in [0.1, 0.15) is 0 Å². The summed E-state index contributed by atoms with van der Waals surface area (Å²) in [7, 11) is 2.30. The van der Waals surface area contributed by atoms with Crippen LogP contribution >= 0.6 is 0 Å². The molecule has 1 aromatic carbocycles. The maximum atomic E-state index is 5.47. The fraction of sp³-hybridized carbons (Fsp3) is 0.579. The quantitative estimate of drug-likeness (QED) is 0.861. The van der Waals surface area contributed by atoms with E-state index in [-0.39, 0.29) is 0 Å². The van der Waals surface area contributed by atoms with Gasteiger partial charge in [-0.1, -0.05) is 18.2 Å². The second-order valence-corrected chi connectivity index (χ2v) is 7.01. The van der Waals surface area contributed by atoms with Crippen LogP contribution in [-0.2, 0) is 17.7 Å². The Labute approximate surface area is 132 Å². The number of hydrogen-bond acceptors (Lipinski definition) is 2. The van der Waals surface area contributed by atoms with Gasteiger partial charge in [0.25, 0.3) is 0 Å². The third-order valence-corrected chi connectivity index (χ3v) is 5.59. The van der Waals surface area contributed by atoms with Gasteiger partial charge in [0, 0.05) is 32.0 Å². The van der Waals surface area contributed by atoms with Crippen molar-refractivity contribution in [2.75, 3.05) is 26.8 Å². The highest BCUT2D eigenvalue weighted by molar-refractivity contribution is 5.84. The summed E-state index contributed by atoms with van der Waals surface area (Å²) >= 11 is 0. The molecule has 3 nitrogen and oxygen atoms in total. The molecule has 0 spiro atoms. The highest BCUT2D eigenvalue weighted by Crippen LogP contribution is 2.28. The first-order valence-corrected chi connectivity index (χ1v) is 8.66. The Morgan fingerprint density at radius 2 is 2.09 bits per heavy atom. The van der Waals surface area contributed by atoms with Gasteiger partial charge in [-0.2, -0.15) is 0 Å². The Bertz CT molecular complexity index is 642. The first-order valence-electron chi connectivity index (χ1n) is 8.66. The summed E-state index contributed by atoms with van der Waals surface area (Å²) in [5.41, 5.74) is 2.97. The Morgan fingerprint density at radius 1 is 1.23 bits per heavy atom. The minimum Gasteiger partial charge on any atom is -0.381 e. The highest BCUT2D eigenvalue weighted by atomic mass is 16.5. The van der Waals surface area contributed by atoms with Crippen LogP contribution in [0.2, 0.25) is 0 Å². The number of para-hydroxylation sites is 1. The van der Waals surface area contributed by atoms with E-state index in [1.807, 2.05) is 0 Å². The fourth-order valence-corrected chi connectivity index (χ4v) is 4.10. The largest absolute Gasteiger partial charge is 0.381 e. The molecule has 3 heterocycles.